The van der Waals surface area contributed by atoms with Crippen LogP contribution >= 0.6 is 11.6 Å². The van der Waals surface area contributed by atoms with E-state index in [4.69, 9.17) is 17.3 Å². The first-order valence-corrected chi connectivity index (χ1v) is 6.14. The summed E-state index contributed by atoms with van der Waals surface area (Å²) in [6.45, 7) is 6.33. The van der Waals surface area contributed by atoms with Crippen LogP contribution in [-0.4, -0.2) is 18.6 Å². The monoisotopic (exact) mass is 238 g/mol. The molecule has 3 heteroatoms. The molecule has 0 saturated carbocycles. The normalized spacial score (nSPS) is 23.8. The lowest BCUT2D eigenvalue weighted by molar-refractivity contribution is 0.476. The van der Waals surface area contributed by atoms with Crippen LogP contribution in [-0.2, 0) is 0 Å². The van der Waals surface area contributed by atoms with Crippen LogP contribution < -0.4 is 10.6 Å². The van der Waals surface area contributed by atoms with Crippen LogP contribution in [0, 0.1) is 5.92 Å². The molecule has 16 heavy (non-hydrogen) atoms. The van der Waals surface area contributed by atoms with E-state index in [-0.39, 0.29) is 5.54 Å². The molecule has 0 aliphatic carbocycles. The Morgan fingerprint density at radius 2 is 2.25 bits per heavy atom. The lowest BCUT2D eigenvalue weighted by Gasteiger charge is -2.33. The molecule has 2 rings (SSSR count). The Labute approximate surface area is 102 Å². The van der Waals surface area contributed by atoms with E-state index in [1.54, 1.807) is 0 Å². The van der Waals surface area contributed by atoms with E-state index in [2.05, 4.69) is 24.8 Å². The van der Waals surface area contributed by atoms with Crippen molar-refractivity contribution in [2.45, 2.75) is 25.8 Å². The molecule has 1 atom stereocenters. The van der Waals surface area contributed by atoms with Crippen molar-refractivity contribution < 1.29 is 0 Å². The third kappa shape index (κ3) is 2.18. The van der Waals surface area contributed by atoms with Gasteiger partial charge in [0.25, 0.3) is 0 Å². The van der Waals surface area contributed by atoms with Crippen LogP contribution in [0.15, 0.2) is 24.3 Å². The van der Waals surface area contributed by atoms with Crippen molar-refractivity contribution in [2.24, 2.45) is 11.7 Å². The Kier molecular flexibility index (Phi) is 3.13. The summed E-state index contributed by atoms with van der Waals surface area (Å²) in [5, 5.41) is 0.796. The zero-order chi connectivity index (χ0) is 11.8. The van der Waals surface area contributed by atoms with Gasteiger partial charge in [0, 0.05) is 22.8 Å². The van der Waals surface area contributed by atoms with Crippen molar-refractivity contribution in [1.82, 2.24) is 0 Å². The Balaban J connectivity index is 2.27. The number of nitrogens with two attached hydrogens (primary N) is 1. The number of nitrogens with zero attached hydrogens (tertiary/aromatic N) is 1. The minimum absolute atomic E-state index is 0.175. The number of hydrogen-bond donors (Lipinski definition) is 1. The Morgan fingerprint density at radius 3 is 2.81 bits per heavy atom. The summed E-state index contributed by atoms with van der Waals surface area (Å²) < 4.78 is 0. The van der Waals surface area contributed by atoms with E-state index in [0.717, 1.165) is 24.5 Å². The second-order valence-corrected chi connectivity index (χ2v) is 5.65. The summed E-state index contributed by atoms with van der Waals surface area (Å²) >= 11 is 6.04. The standard InChI is InChI=1S/C13H19ClN2/c1-13(2)7-10(8-15)9-16(13)12-5-3-4-11(14)6-12/h3-6,10H,7-9,15H2,1-2H3. The maximum atomic E-state index is 6.04. The number of hydrogen-bond acceptors (Lipinski definition) is 2. The quantitative estimate of drug-likeness (QED) is 0.859. The van der Waals surface area contributed by atoms with Gasteiger partial charge < -0.3 is 10.6 Å². The lowest BCUT2D eigenvalue weighted by atomic mass is 9.96. The Hall–Kier alpha value is -0.730. The highest BCUT2D eigenvalue weighted by atomic mass is 35.5. The highest BCUT2D eigenvalue weighted by Crippen LogP contribution is 2.36. The van der Waals surface area contributed by atoms with Crippen molar-refractivity contribution in [3.63, 3.8) is 0 Å². The molecular weight excluding hydrogens is 220 g/mol. The second kappa shape index (κ2) is 4.27. The molecule has 0 amide bonds. The van der Waals surface area contributed by atoms with Gasteiger partial charge in [0.2, 0.25) is 0 Å². The minimum atomic E-state index is 0.175. The molecule has 1 saturated heterocycles. The van der Waals surface area contributed by atoms with E-state index < -0.39 is 0 Å². The van der Waals surface area contributed by atoms with E-state index >= 15 is 0 Å². The summed E-state index contributed by atoms with van der Waals surface area (Å²) in [5.41, 5.74) is 7.15. The molecule has 88 valence electrons. The average Bonchev–Trinajstić information content (AvgIpc) is 2.53. The molecule has 0 radical (unpaired) electrons. The molecule has 1 fully saturated rings. The van der Waals surface area contributed by atoms with Gasteiger partial charge in [0.05, 0.1) is 0 Å². The van der Waals surface area contributed by atoms with E-state index in [1.165, 1.54) is 5.69 Å². The average molecular weight is 239 g/mol. The van der Waals surface area contributed by atoms with Gasteiger partial charge in [-0.2, -0.15) is 0 Å². The van der Waals surface area contributed by atoms with Gasteiger partial charge in [-0.1, -0.05) is 17.7 Å². The Morgan fingerprint density at radius 1 is 1.50 bits per heavy atom. The Bertz CT molecular complexity index is 376. The van der Waals surface area contributed by atoms with Crippen LogP contribution in [0.1, 0.15) is 20.3 Å². The SMILES string of the molecule is CC1(C)CC(CN)CN1c1cccc(Cl)c1. The molecule has 0 spiro atoms. The highest BCUT2D eigenvalue weighted by Gasteiger charge is 2.37. The number of benzene rings is 1. The number of anilines is 1. The summed E-state index contributed by atoms with van der Waals surface area (Å²) in [6.07, 6.45) is 1.15. The molecule has 1 aliphatic rings. The zero-order valence-corrected chi connectivity index (χ0v) is 10.7. The minimum Gasteiger partial charge on any atom is -0.366 e. The summed E-state index contributed by atoms with van der Waals surface area (Å²) in [7, 11) is 0. The smallest absolute Gasteiger partial charge is 0.0426 e. The van der Waals surface area contributed by atoms with Crippen molar-refractivity contribution in [2.75, 3.05) is 18.0 Å². The topological polar surface area (TPSA) is 29.3 Å². The third-order valence-electron chi connectivity index (χ3n) is 3.41. The first-order valence-electron chi connectivity index (χ1n) is 5.76. The molecule has 0 bridgehead atoms. The van der Waals surface area contributed by atoms with Crippen LogP contribution in [0.4, 0.5) is 5.69 Å². The molecule has 2 N–H and O–H groups in total. The lowest BCUT2D eigenvalue weighted by Crippen LogP contribution is -2.38. The molecule has 1 unspecified atom stereocenters. The molecule has 1 aliphatic heterocycles. The van der Waals surface area contributed by atoms with Crippen LogP contribution in [0.3, 0.4) is 0 Å². The fourth-order valence-corrected chi connectivity index (χ4v) is 2.83. The van der Waals surface area contributed by atoms with Crippen molar-refractivity contribution in [1.29, 1.82) is 0 Å². The van der Waals surface area contributed by atoms with Crippen molar-refractivity contribution in [3.8, 4) is 0 Å². The molecule has 1 aromatic rings. The maximum absolute atomic E-state index is 6.04. The van der Waals surface area contributed by atoms with E-state index in [0.29, 0.717) is 5.92 Å². The zero-order valence-electron chi connectivity index (χ0n) is 9.91. The van der Waals surface area contributed by atoms with Gasteiger partial charge >= 0.3 is 0 Å². The molecular formula is C13H19ClN2. The predicted octanol–water partition coefficient (Wildman–Crippen LogP) is 2.90. The van der Waals surface area contributed by atoms with Gasteiger partial charge in [0.1, 0.15) is 0 Å². The van der Waals surface area contributed by atoms with Crippen molar-refractivity contribution in [3.05, 3.63) is 29.3 Å². The van der Waals surface area contributed by atoms with Crippen molar-refractivity contribution >= 4 is 17.3 Å². The van der Waals surface area contributed by atoms with E-state index in [1.807, 2.05) is 18.2 Å². The van der Waals surface area contributed by atoms with E-state index in [9.17, 15) is 0 Å². The molecule has 1 aromatic carbocycles. The highest BCUT2D eigenvalue weighted by molar-refractivity contribution is 6.30. The maximum Gasteiger partial charge on any atom is 0.0426 e. The van der Waals surface area contributed by atoms with Crippen LogP contribution in [0.2, 0.25) is 5.02 Å². The molecule has 0 aromatic heterocycles. The third-order valence-corrected chi connectivity index (χ3v) is 3.65. The number of rotatable bonds is 2. The van der Waals surface area contributed by atoms with Gasteiger partial charge in [0.15, 0.2) is 0 Å². The summed E-state index contributed by atoms with van der Waals surface area (Å²) in [4.78, 5) is 2.41. The van der Waals surface area contributed by atoms with Crippen LogP contribution in [0.5, 0.6) is 0 Å². The second-order valence-electron chi connectivity index (χ2n) is 5.21. The van der Waals surface area contributed by atoms with Gasteiger partial charge in [-0.3, -0.25) is 0 Å². The first kappa shape index (κ1) is 11.7. The predicted molar refractivity (Wildman–Crippen MR) is 70.0 cm³/mol. The van der Waals surface area contributed by atoms with Gasteiger partial charge in [-0.05, 0) is 50.9 Å². The molecule has 1 heterocycles. The number of halogens is 1. The fraction of sp³-hybridized carbons (Fsp3) is 0.538. The summed E-state index contributed by atoms with van der Waals surface area (Å²) in [5.74, 6) is 0.592. The van der Waals surface area contributed by atoms with Crippen LogP contribution in [0.25, 0.3) is 0 Å². The molecule has 2 nitrogen and oxygen atoms in total. The first-order chi connectivity index (χ1) is 7.53. The fourth-order valence-electron chi connectivity index (χ4n) is 2.64. The largest absolute Gasteiger partial charge is 0.366 e. The van der Waals surface area contributed by atoms with Gasteiger partial charge in [-0.25, -0.2) is 0 Å². The summed E-state index contributed by atoms with van der Waals surface area (Å²) in [6, 6.07) is 8.06. The van der Waals surface area contributed by atoms with Gasteiger partial charge in [-0.15, -0.1) is 0 Å².